The van der Waals surface area contributed by atoms with Gasteiger partial charge in [0.15, 0.2) is 0 Å². The Bertz CT molecular complexity index is 549. The molecule has 1 saturated carbocycles. The molecule has 0 spiro atoms. The second-order valence-corrected chi connectivity index (χ2v) is 5.47. The third-order valence-corrected chi connectivity index (χ3v) is 3.88. The highest BCUT2D eigenvalue weighted by Crippen LogP contribution is 2.42. The third kappa shape index (κ3) is 3.15. The van der Waals surface area contributed by atoms with Gasteiger partial charge in [-0.2, -0.15) is 5.10 Å². The smallest absolute Gasteiger partial charge is 0.119 e. The SMILES string of the molecule is ClCc1cnn(CCCOc2ccccc2)c1C1CC1. The fraction of sp³-hybridized carbons (Fsp3) is 0.438. The van der Waals surface area contributed by atoms with Gasteiger partial charge in [0.2, 0.25) is 0 Å². The van der Waals surface area contributed by atoms with Crippen LogP contribution in [-0.4, -0.2) is 16.4 Å². The molecule has 0 aliphatic heterocycles. The van der Waals surface area contributed by atoms with E-state index in [4.69, 9.17) is 16.3 Å². The molecule has 0 unspecified atom stereocenters. The van der Waals surface area contributed by atoms with Crippen molar-refractivity contribution in [2.45, 2.75) is 37.6 Å². The Morgan fingerprint density at radius 1 is 1.25 bits per heavy atom. The zero-order valence-electron chi connectivity index (χ0n) is 11.5. The molecule has 1 aromatic carbocycles. The van der Waals surface area contributed by atoms with Crippen LogP contribution in [0.4, 0.5) is 0 Å². The minimum Gasteiger partial charge on any atom is -0.494 e. The molecule has 20 heavy (non-hydrogen) atoms. The van der Waals surface area contributed by atoms with Crippen molar-refractivity contribution < 1.29 is 4.74 Å². The number of halogens is 1. The molecule has 3 rings (SSSR count). The Kier molecular flexibility index (Phi) is 4.26. The molecule has 4 heteroatoms. The molecule has 106 valence electrons. The predicted molar refractivity (Wildman–Crippen MR) is 80.3 cm³/mol. The average molecular weight is 291 g/mol. The van der Waals surface area contributed by atoms with Crippen molar-refractivity contribution in [3.05, 3.63) is 47.8 Å². The van der Waals surface area contributed by atoms with Crippen LogP contribution in [0.3, 0.4) is 0 Å². The summed E-state index contributed by atoms with van der Waals surface area (Å²) in [7, 11) is 0. The third-order valence-electron chi connectivity index (χ3n) is 3.59. The summed E-state index contributed by atoms with van der Waals surface area (Å²) < 4.78 is 7.82. The van der Waals surface area contributed by atoms with E-state index in [0.717, 1.165) is 18.7 Å². The van der Waals surface area contributed by atoms with Gasteiger partial charge in [-0.3, -0.25) is 4.68 Å². The van der Waals surface area contributed by atoms with E-state index in [0.29, 0.717) is 18.4 Å². The molecule has 0 atom stereocenters. The molecule has 0 radical (unpaired) electrons. The first-order valence-electron chi connectivity index (χ1n) is 7.17. The van der Waals surface area contributed by atoms with Crippen molar-refractivity contribution in [3.8, 4) is 5.75 Å². The van der Waals surface area contributed by atoms with Gasteiger partial charge in [-0.05, 0) is 25.0 Å². The summed E-state index contributed by atoms with van der Waals surface area (Å²) in [6.07, 6.45) is 5.42. The molecule has 3 nitrogen and oxygen atoms in total. The number of aromatic nitrogens is 2. The molecule has 1 aliphatic rings. The Labute approximate surface area is 124 Å². The van der Waals surface area contributed by atoms with Crippen molar-refractivity contribution in [3.63, 3.8) is 0 Å². The van der Waals surface area contributed by atoms with Gasteiger partial charge in [-0.1, -0.05) is 18.2 Å². The molecule has 0 amide bonds. The van der Waals surface area contributed by atoms with Gasteiger partial charge in [0.05, 0.1) is 18.7 Å². The molecule has 0 N–H and O–H groups in total. The van der Waals surface area contributed by atoms with Gasteiger partial charge in [0.25, 0.3) is 0 Å². The highest BCUT2D eigenvalue weighted by atomic mass is 35.5. The standard InChI is InChI=1S/C16H19ClN2O/c17-11-14-12-18-19(16(14)13-7-8-13)9-4-10-20-15-5-2-1-3-6-15/h1-3,5-6,12-13H,4,7-11H2. The number of hydrogen-bond donors (Lipinski definition) is 0. The van der Waals surface area contributed by atoms with Crippen molar-refractivity contribution in [2.75, 3.05) is 6.61 Å². The van der Waals surface area contributed by atoms with Crippen LogP contribution < -0.4 is 4.74 Å². The summed E-state index contributed by atoms with van der Waals surface area (Å²) in [5, 5.41) is 4.47. The van der Waals surface area contributed by atoms with Gasteiger partial charge >= 0.3 is 0 Å². The number of benzene rings is 1. The average Bonchev–Trinajstić information content (AvgIpc) is 3.25. The van der Waals surface area contributed by atoms with Gasteiger partial charge in [-0.25, -0.2) is 0 Å². The maximum absolute atomic E-state index is 5.98. The van der Waals surface area contributed by atoms with E-state index in [9.17, 15) is 0 Å². The van der Waals surface area contributed by atoms with Gasteiger partial charge in [0.1, 0.15) is 5.75 Å². The first-order valence-corrected chi connectivity index (χ1v) is 7.70. The Morgan fingerprint density at radius 3 is 2.75 bits per heavy atom. The number of para-hydroxylation sites is 1. The summed E-state index contributed by atoms with van der Waals surface area (Å²) in [6.45, 7) is 1.61. The van der Waals surface area contributed by atoms with E-state index < -0.39 is 0 Å². The Hall–Kier alpha value is -1.48. The molecule has 1 aliphatic carbocycles. The molecule has 1 aromatic heterocycles. The maximum Gasteiger partial charge on any atom is 0.119 e. The molecule has 2 aromatic rings. The van der Waals surface area contributed by atoms with E-state index in [-0.39, 0.29) is 0 Å². The first kappa shape index (κ1) is 13.5. The monoisotopic (exact) mass is 290 g/mol. The number of rotatable bonds is 7. The van der Waals surface area contributed by atoms with Crippen LogP contribution in [0, 0.1) is 0 Å². The lowest BCUT2D eigenvalue weighted by molar-refractivity contribution is 0.297. The molecular formula is C16H19ClN2O. The summed E-state index contributed by atoms with van der Waals surface area (Å²) in [4.78, 5) is 0. The lowest BCUT2D eigenvalue weighted by Crippen LogP contribution is -2.09. The number of nitrogens with zero attached hydrogens (tertiary/aromatic N) is 2. The summed E-state index contributed by atoms with van der Waals surface area (Å²) in [6, 6.07) is 9.93. The van der Waals surface area contributed by atoms with Crippen LogP contribution >= 0.6 is 11.6 Å². The van der Waals surface area contributed by atoms with E-state index in [2.05, 4.69) is 9.78 Å². The number of hydrogen-bond acceptors (Lipinski definition) is 2. The molecule has 1 fully saturated rings. The van der Waals surface area contributed by atoms with Crippen molar-refractivity contribution in [1.82, 2.24) is 9.78 Å². The highest BCUT2D eigenvalue weighted by Gasteiger charge is 2.29. The van der Waals surface area contributed by atoms with E-state index in [1.165, 1.54) is 24.1 Å². The van der Waals surface area contributed by atoms with Gasteiger partial charge in [0, 0.05) is 30.1 Å². The fourth-order valence-electron chi connectivity index (χ4n) is 2.47. The number of ether oxygens (including phenoxy) is 1. The minimum atomic E-state index is 0.562. The van der Waals surface area contributed by atoms with Gasteiger partial charge < -0.3 is 4.74 Å². The van der Waals surface area contributed by atoms with Crippen molar-refractivity contribution in [1.29, 1.82) is 0 Å². The molecule has 0 saturated heterocycles. The van der Waals surface area contributed by atoms with E-state index >= 15 is 0 Å². The highest BCUT2D eigenvalue weighted by molar-refractivity contribution is 6.17. The van der Waals surface area contributed by atoms with E-state index in [1.807, 2.05) is 36.5 Å². The van der Waals surface area contributed by atoms with Crippen LogP contribution in [0.5, 0.6) is 5.75 Å². The van der Waals surface area contributed by atoms with Crippen LogP contribution in [0.1, 0.15) is 36.4 Å². The summed E-state index contributed by atoms with van der Waals surface area (Å²) in [5.74, 6) is 2.17. The van der Waals surface area contributed by atoms with Crippen LogP contribution in [0.15, 0.2) is 36.5 Å². The van der Waals surface area contributed by atoms with Gasteiger partial charge in [-0.15, -0.1) is 11.6 Å². The number of aryl methyl sites for hydroxylation is 1. The topological polar surface area (TPSA) is 27.1 Å². The summed E-state index contributed by atoms with van der Waals surface area (Å²) >= 11 is 5.98. The van der Waals surface area contributed by atoms with Crippen molar-refractivity contribution in [2.24, 2.45) is 0 Å². The fourth-order valence-corrected chi connectivity index (χ4v) is 2.67. The normalized spacial score (nSPS) is 14.4. The predicted octanol–water partition coefficient (Wildman–Crippen LogP) is 3.97. The second kappa shape index (κ2) is 6.31. The lowest BCUT2D eigenvalue weighted by Gasteiger charge is -2.09. The van der Waals surface area contributed by atoms with Crippen LogP contribution in [-0.2, 0) is 12.4 Å². The minimum absolute atomic E-state index is 0.562. The summed E-state index contributed by atoms with van der Waals surface area (Å²) in [5.41, 5.74) is 2.54. The largest absolute Gasteiger partial charge is 0.494 e. The molecule has 0 bridgehead atoms. The molecule has 1 heterocycles. The van der Waals surface area contributed by atoms with Crippen LogP contribution in [0.2, 0.25) is 0 Å². The lowest BCUT2D eigenvalue weighted by atomic mass is 10.2. The van der Waals surface area contributed by atoms with Crippen molar-refractivity contribution >= 4 is 11.6 Å². The maximum atomic E-state index is 5.98. The zero-order valence-corrected chi connectivity index (χ0v) is 12.2. The Morgan fingerprint density at radius 2 is 2.05 bits per heavy atom. The van der Waals surface area contributed by atoms with E-state index in [1.54, 1.807) is 0 Å². The Balaban J connectivity index is 1.52. The molecular weight excluding hydrogens is 272 g/mol. The first-order chi connectivity index (χ1) is 9.88. The zero-order chi connectivity index (χ0) is 13.8. The quantitative estimate of drug-likeness (QED) is 0.570. The second-order valence-electron chi connectivity index (χ2n) is 5.20. The van der Waals surface area contributed by atoms with Crippen LogP contribution in [0.25, 0.3) is 0 Å². The number of alkyl halides is 1.